The zero-order valence-electron chi connectivity index (χ0n) is 12.4. The molecule has 1 amide bonds. The first-order chi connectivity index (χ1) is 9.82. The van der Waals surface area contributed by atoms with Gasteiger partial charge in [-0.05, 0) is 48.8 Å². The largest absolute Gasteiger partial charge is 0.481 e. The maximum atomic E-state index is 12.4. The van der Waals surface area contributed by atoms with Crippen LogP contribution in [0.15, 0.2) is 28.7 Å². The predicted molar refractivity (Wildman–Crippen MR) is 83.3 cm³/mol. The fraction of sp³-hybridized carbons (Fsp3) is 0.467. The van der Waals surface area contributed by atoms with Crippen LogP contribution in [0.3, 0.4) is 0 Å². The van der Waals surface area contributed by atoms with Gasteiger partial charge in [0.25, 0.3) is 5.91 Å². The van der Waals surface area contributed by atoms with Crippen LogP contribution in [0.25, 0.3) is 0 Å². The molecule has 6 heteroatoms. The van der Waals surface area contributed by atoms with Gasteiger partial charge in [0.2, 0.25) is 0 Å². The van der Waals surface area contributed by atoms with Crippen molar-refractivity contribution in [1.82, 2.24) is 4.90 Å². The highest BCUT2D eigenvalue weighted by Crippen LogP contribution is 2.25. The van der Waals surface area contributed by atoms with Crippen molar-refractivity contribution in [2.45, 2.75) is 39.3 Å². The van der Waals surface area contributed by atoms with Crippen LogP contribution >= 0.6 is 15.9 Å². The van der Waals surface area contributed by atoms with Crippen LogP contribution in [0, 0.1) is 0 Å². The van der Waals surface area contributed by atoms with Gasteiger partial charge in [-0.2, -0.15) is 0 Å². The lowest BCUT2D eigenvalue weighted by molar-refractivity contribution is -0.142. The molecule has 0 spiro atoms. The molecule has 0 aromatic heterocycles. The molecule has 1 unspecified atom stereocenters. The number of para-hydroxylation sites is 1. The van der Waals surface area contributed by atoms with Gasteiger partial charge < -0.3 is 14.7 Å². The summed E-state index contributed by atoms with van der Waals surface area (Å²) in [5.41, 5.74) is 0. The van der Waals surface area contributed by atoms with E-state index in [2.05, 4.69) is 15.9 Å². The molecule has 1 atom stereocenters. The lowest BCUT2D eigenvalue weighted by Crippen LogP contribution is -2.45. The Bertz CT molecular complexity index is 504. The van der Waals surface area contributed by atoms with Crippen LogP contribution in [0.1, 0.15) is 27.2 Å². The Kier molecular flexibility index (Phi) is 6.68. The third kappa shape index (κ3) is 5.38. The summed E-state index contributed by atoms with van der Waals surface area (Å²) in [6, 6.07) is 7.20. The average Bonchev–Trinajstić information content (AvgIpc) is 2.40. The second kappa shape index (κ2) is 8.02. The SMILES string of the molecule is CC(Oc1ccccc1Br)C(=O)N(CCC(=O)O)C(C)C. The highest BCUT2D eigenvalue weighted by molar-refractivity contribution is 9.10. The normalized spacial score (nSPS) is 12.0. The van der Waals surface area contributed by atoms with Crippen molar-refractivity contribution in [1.29, 1.82) is 0 Å². The second-order valence-corrected chi connectivity index (χ2v) is 5.81. The monoisotopic (exact) mass is 357 g/mol. The summed E-state index contributed by atoms with van der Waals surface area (Å²) in [7, 11) is 0. The Morgan fingerprint density at radius 1 is 1.29 bits per heavy atom. The number of aliphatic carboxylic acids is 1. The minimum absolute atomic E-state index is 0.0777. The molecule has 0 saturated carbocycles. The minimum Gasteiger partial charge on any atom is -0.481 e. The lowest BCUT2D eigenvalue weighted by atomic mass is 10.2. The van der Waals surface area contributed by atoms with Gasteiger partial charge in [-0.25, -0.2) is 0 Å². The van der Waals surface area contributed by atoms with Gasteiger partial charge >= 0.3 is 5.97 Å². The molecule has 0 aliphatic heterocycles. The van der Waals surface area contributed by atoms with Crippen molar-refractivity contribution >= 4 is 27.8 Å². The maximum absolute atomic E-state index is 12.4. The molecule has 5 nitrogen and oxygen atoms in total. The summed E-state index contributed by atoms with van der Waals surface area (Å²) in [6.45, 7) is 5.54. The fourth-order valence-electron chi connectivity index (χ4n) is 1.85. The third-order valence-electron chi connectivity index (χ3n) is 2.96. The van der Waals surface area contributed by atoms with Crippen LogP contribution in [0.2, 0.25) is 0 Å². The molecule has 1 rings (SSSR count). The smallest absolute Gasteiger partial charge is 0.305 e. The molecule has 0 aliphatic rings. The second-order valence-electron chi connectivity index (χ2n) is 4.96. The van der Waals surface area contributed by atoms with Crippen molar-refractivity contribution in [2.24, 2.45) is 0 Å². The van der Waals surface area contributed by atoms with E-state index in [1.165, 1.54) is 4.90 Å². The highest BCUT2D eigenvalue weighted by Gasteiger charge is 2.25. The van der Waals surface area contributed by atoms with E-state index in [9.17, 15) is 9.59 Å². The molecule has 0 fully saturated rings. The number of carboxylic acid groups (broad SMARTS) is 1. The summed E-state index contributed by atoms with van der Waals surface area (Å²) in [6.07, 6.45) is -0.758. The number of ether oxygens (including phenoxy) is 1. The molecule has 116 valence electrons. The molecule has 1 N–H and O–H groups in total. The standard InChI is InChI=1S/C15H20BrNO4/c1-10(2)17(9-8-14(18)19)15(20)11(3)21-13-7-5-4-6-12(13)16/h4-7,10-11H,8-9H2,1-3H3,(H,18,19). The van der Waals surface area contributed by atoms with Crippen LogP contribution in [0.5, 0.6) is 5.75 Å². The Morgan fingerprint density at radius 2 is 1.90 bits per heavy atom. The van der Waals surface area contributed by atoms with Crippen LogP contribution in [-0.4, -0.2) is 40.6 Å². The van der Waals surface area contributed by atoms with E-state index < -0.39 is 12.1 Å². The molecule has 0 bridgehead atoms. The van der Waals surface area contributed by atoms with E-state index in [-0.39, 0.29) is 24.9 Å². The van der Waals surface area contributed by atoms with E-state index >= 15 is 0 Å². The number of carbonyl (C=O) groups excluding carboxylic acids is 1. The first kappa shape index (κ1) is 17.5. The summed E-state index contributed by atoms with van der Waals surface area (Å²) >= 11 is 3.36. The average molecular weight is 358 g/mol. The number of rotatable bonds is 7. The van der Waals surface area contributed by atoms with Gasteiger partial charge in [-0.3, -0.25) is 9.59 Å². The van der Waals surface area contributed by atoms with Gasteiger partial charge in [-0.1, -0.05) is 12.1 Å². The Balaban J connectivity index is 2.74. The number of benzene rings is 1. The van der Waals surface area contributed by atoms with Crippen LogP contribution in [0.4, 0.5) is 0 Å². The van der Waals surface area contributed by atoms with E-state index in [0.717, 1.165) is 4.47 Å². The van der Waals surface area contributed by atoms with Crippen LogP contribution < -0.4 is 4.74 Å². The molecule has 1 aromatic carbocycles. The first-order valence-corrected chi connectivity index (χ1v) is 7.55. The number of amides is 1. The third-order valence-corrected chi connectivity index (χ3v) is 3.62. The van der Waals surface area contributed by atoms with Gasteiger partial charge in [0.05, 0.1) is 10.9 Å². The van der Waals surface area contributed by atoms with E-state index in [0.29, 0.717) is 5.75 Å². The summed E-state index contributed by atoms with van der Waals surface area (Å²) in [5, 5.41) is 8.76. The summed E-state index contributed by atoms with van der Waals surface area (Å²) < 4.78 is 6.43. The molecule has 0 saturated heterocycles. The van der Waals surface area contributed by atoms with Crippen molar-refractivity contribution in [3.63, 3.8) is 0 Å². The first-order valence-electron chi connectivity index (χ1n) is 6.76. The van der Waals surface area contributed by atoms with Crippen molar-refractivity contribution in [2.75, 3.05) is 6.54 Å². The van der Waals surface area contributed by atoms with Crippen molar-refractivity contribution < 1.29 is 19.4 Å². The number of carboxylic acids is 1. The van der Waals surface area contributed by atoms with Crippen molar-refractivity contribution in [3.05, 3.63) is 28.7 Å². The molecular formula is C15H20BrNO4. The Labute approximate surface area is 133 Å². The molecule has 21 heavy (non-hydrogen) atoms. The molecule has 0 heterocycles. The summed E-state index contributed by atoms with van der Waals surface area (Å²) in [4.78, 5) is 24.6. The number of halogens is 1. The number of hydrogen-bond acceptors (Lipinski definition) is 3. The number of hydrogen-bond donors (Lipinski definition) is 1. The van der Waals surface area contributed by atoms with Gasteiger partial charge in [0, 0.05) is 12.6 Å². The van der Waals surface area contributed by atoms with E-state index in [1.54, 1.807) is 13.0 Å². The molecule has 1 aromatic rings. The molecule has 0 aliphatic carbocycles. The quantitative estimate of drug-likeness (QED) is 0.814. The highest BCUT2D eigenvalue weighted by atomic mass is 79.9. The Morgan fingerprint density at radius 3 is 2.43 bits per heavy atom. The van der Waals surface area contributed by atoms with Gasteiger partial charge in [0.1, 0.15) is 5.75 Å². The van der Waals surface area contributed by atoms with Gasteiger partial charge in [0.15, 0.2) is 6.10 Å². The van der Waals surface area contributed by atoms with E-state index in [1.807, 2.05) is 32.0 Å². The van der Waals surface area contributed by atoms with E-state index in [4.69, 9.17) is 9.84 Å². The van der Waals surface area contributed by atoms with Crippen molar-refractivity contribution in [3.8, 4) is 5.75 Å². The van der Waals surface area contributed by atoms with Crippen LogP contribution in [-0.2, 0) is 9.59 Å². The maximum Gasteiger partial charge on any atom is 0.305 e. The number of carbonyl (C=O) groups is 2. The Hall–Kier alpha value is -1.56. The zero-order chi connectivity index (χ0) is 16.0. The molecule has 0 radical (unpaired) electrons. The lowest BCUT2D eigenvalue weighted by Gasteiger charge is -2.29. The predicted octanol–water partition coefficient (Wildman–Crippen LogP) is 2.93. The summed E-state index contributed by atoms with van der Waals surface area (Å²) in [5.74, 6) is -0.560. The minimum atomic E-state index is -0.923. The zero-order valence-corrected chi connectivity index (χ0v) is 14.0. The fourth-order valence-corrected chi connectivity index (χ4v) is 2.23. The number of nitrogens with zero attached hydrogens (tertiary/aromatic N) is 1. The molecular weight excluding hydrogens is 338 g/mol. The topological polar surface area (TPSA) is 66.8 Å². The van der Waals surface area contributed by atoms with Gasteiger partial charge in [-0.15, -0.1) is 0 Å².